The van der Waals surface area contributed by atoms with Gasteiger partial charge >= 0.3 is 0 Å². The van der Waals surface area contributed by atoms with Crippen LogP contribution in [0.1, 0.15) is 57.0 Å². The van der Waals surface area contributed by atoms with Crippen molar-refractivity contribution in [2.24, 2.45) is 5.92 Å². The molecule has 1 aliphatic heterocycles. The van der Waals surface area contributed by atoms with E-state index in [1.165, 1.54) is 6.42 Å². The molecule has 30 heavy (non-hydrogen) atoms. The lowest BCUT2D eigenvalue weighted by Crippen LogP contribution is -2.46. The predicted octanol–water partition coefficient (Wildman–Crippen LogP) is 4.10. The van der Waals surface area contributed by atoms with Gasteiger partial charge in [0.05, 0.1) is 12.2 Å². The molecule has 2 amide bonds. The molecule has 158 valence electrons. The number of furan rings is 1. The van der Waals surface area contributed by atoms with E-state index in [2.05, 4.69) is 13.0 Å². The molecule has 1 aromatic heterocycles. The summed E-state index contributed by atoms with van der Waals surface area (Å²) < 4.78 is 11.7. The number of hydrogen-bond acceptors (Lipinski definition) is 4. The van der Waals surface area contributed by atoms with Crippen LogP contribution in [0.15, 0.2) is 40.8 Å². The van der Waals surface area contributed by atoms with Crippen LogP contribution in [0.5, 0.6) is 5.75 Å². The SMILES string of the molecule is CC1Oc2ccccc2N(CCC(=O)N(Cc2ccc(C3CC3C)o2)C2CC2)C1=O. The van der Waals surface area contributed by atoms with Crippen LogP contribution in [-0.2, 0) is 16.1 Å². The first kappa shape index (κ1) is 19.2. The zero-order chi connectivity index (χ0) is 20.8. The van der Waals surface area contributed by atoms with E-state index in [0.29, 0.717) is 30.7 Å². The fourth-order valence-electron chi connectivity index (χ4n) is 4.31. The second kappa shape index (κ2) is 7.49. The van der Waals surface area contributed by atoms with Gasteiger partial charge in [-0.1, -0.05) is 19.1 Å². The van der Waals surface area contributed by atoms with E-state index in [1.807, 2.05) is 35.2 Å². The number of carbonyl (C=O) groups is 2. The molecular weight excluding hydrogens is 380 g/mol. The number of ether oxygens (including phenoxy) is 1. The standard InChI is InChI=1S/C24H28N2O4/c1-15-13-19(15)21-10-9-18(30-21)14-26(17-7-8-17)23(27)11-12-25-20-5-3-4-6-22(20)29-16(2)24(25)28/h3-6,9-10,15-17,19H,7-8,11-14H2,1-2H3. The Balaban J connectivity index is 1.25. The summed E-state index contributed by atoms with van der Waals surface area (Å²) >= 11 is 0. The molecule has 0 radical (unpaired) electrons. The molecule has 0 saturated heterocycles. The number of benzene rings is 1. The Morgan fingerprint density at radius 1 is 1.17 bits per heavy atom. The Hall–Kier alpha value is -2.76. The molecule has 1 aromatic carbocycles. The van der Waals surface area contributed by atoms with Crippen LogP contribution >= 0.6 is 0 Å². The normalized spacial score (nSPS) is 24.9. The minimum atomic E-state index is -0.541. The Labute approximate surface area is 176 Å². The van der Waals surface area contributed by atoms with E-state index in [1.54, 1.807) is 11.8 Å². The van der Waals surface area contributed by atoms with Crippen LogP contribution in [-0.4, -0.2) is 35.4 Å². The van der Waals surface area contributed by atoms with Gasteiger partial charge in [0.1, 0.15) is 17.3 Å². The lowest BCUT2D eigenvalue weighted by Gasteiger charge is -2.33. The van der Waals surface area contributed by atoms with E-state index in [9.17, 15) is 9.59 Å². The summed E-state index contributed by atoms with van der Waals surface area (Å²) in [5.74, 6) is 3.79. The molecule has 0 bridgehead atoms. The molecule has 2 aliphatic carbocycles. The maximum atomic E-state index is 13.1. The number of fused-ring (bicyclic) bond motifs is 1. The number of anilines is 1. The van der Waals surface area contributed by atoms with Crippen LogP contribution in [0.2, 0.25) is 0 Å². The third-order valence-corrected chi connectivity index (χ3v) is 6.41. The summed E-state index contributed by atoms with van der Waals surface area (Å²) in [6.07, 6.45) is 3.01. The third kappa shape index (κ3) is 3.71. The maximum absolute atomic E-state index is 13.1. The van der Waals surface area contributed by atoms with Crippen molar-refractivity contribution in [3.63, 3.8) is 0 Å². The Kier molecular flexibility index (Phi) is 4.80. The molecule has 2 saturated carbocycles. The van der Waals surface area contributed by atoms with Gasteiger partial charge in [-0.05, 0) is 56.4 Å². The van der Waals surface area contributed by atoms with Crippen molar-refractivity contribution in [3.8, 4) is 5.75 Å². The summed E-state index contributed by atoms with van der Waals surface area (Å²) in [4.78, 5) is 29.4. The fourth-order valence-corrected chi connectivity index (χ4v) is 4.31. The van der Waals surface area contributed by atoms with Crippen molar-refractivity contribution < 1.29 is 18.7 Å². The minimum absolute atomic E-state index is 0.0691. The number of carbonyl (C=O) groups excluding carboxylic acids is 2. The van der Waals surface area contributed by atoms with Crippen molar-refractivity contribution in [1.82, 2.24) is 4.90 Å². The van der Waals surface area contributed by atoms with Gasteiger partial charge in [-0.3, -0.25) is 9.59 Å². The molecule has 6 heteroatoms. The van der Waals surface area contributed by atoms with E-state index >= 15 is 0 Å². The van der Waals surface area contributed by atoms with Crippen LogP contribution < -0.4 is 9.64 Å². The lowest BCUT2D eigenvalue weighted by molar-refractivity contribution is -0.132. The van der Waals surface area contributed by atoms with Crippen LogP contribution in [0, 0.1) is 5.92 Å². The van der Waals surface area contributed by atoms with Gasteiger partial charge in [0, 0.05) is 24.9 Å². The maximum Gasteiger partial charge on any atom is 0.267 e. The average molecular weight is 408 g/mol. The van der Waals surface area contributed by atoms with Gasteiger partial charge in [-0.15, -0.1) is 0 Å². The van der Waals surface area contributed by atoms with E-state index in [0.717, 1.165) is 30.0 Å². The highest BCUT2D eigenvalue weighted by Gasteiger charge is 2.38. The first-order valence-corrected chi connectivity index (χ1v) is 11.0. The fraction of sp³-hybridized carbons (Fsp3) is 0.500. The number of nitrogens with zero attached hydrogens (tertiary/aromatic N) is 2. The second-order valence-electron chi connectivity index (χ2n) is 8.84. The quantitative estimate of drug-likeness (QED) is 0.692. The molecule has 3 aliphatic rings. The zero-order valence-corrected chi connectivity index (χ0v) is 17.5. The van der Waals surface area contributed by atoms with Gasteiger partial charge in [0.2, 0.25) is 5.91 Å². The van der Waals surface area contributed by atoms with E-state index < -0.39 is 6.10 Å². The summed E-state index contributed by atoms with van der Waals surface area (Å²) in [5.41, 5.74) is 0.737. The largest absolute Gasteiger partial charge is 0.479 e. The summed E-state index contributed by atoms with van der Waals surface area (Å²) in [5, 5.41) is 0. The first-order chi connectivity index (χ1) is 14.5. The van der Waals surface area contributed by atoms with Crippen molar-refractivity contribution in [3.05, 3.63) is 47.9 Å². The molecule has 6 nitrogen and oxygen atoms in total. The van der Waals surface area contributed by atoms with Crippen molar-refractivity contribution in [2.75, 3.05) is 11.4 Å². The van der Waals surface area contributed by atoms with Crippen molar-refractivity contribution >= 4 is 17.5 Å². The van der Waals surface area contributed by atoms with Gasteiger partial charge in [-0.2, -0.15) is 0 Å². The summed E-state index contributed by atoms with van der Waals surface area (Å²) in [7, 11) is 0. The predicted molar refractivity (Wildman–Crippen MR) is 112 cm³/mol. The molecule has 3 atom stereocenters. The van der Waals surface area contributed by atoms with Crippen molar-refractivity contribution in [2.45, 2.75) is 64.1 Å². The molecule has 2 heterocycles. The summed E-state index contributed by atoms with van der Waals surface area (Å²) in [6, 6.07) is 11.9. The molecular formula is C24H28N2O4. The molecule has 2 aromatic rings. The smallest absolute Gasteiger partial charge is 0.267 e. The third-order valence-electron chi connectivity index (χ3n) is 6.41. The summed E-state index contributed by atoms with van der Waals surface area (Å²) in [6.45, 7) is 4.85. The van der Waals surface area contributed by atoms with Crippen LogP contribution in [0.3, 0.4) is 0 Å². The second-order valence-corrected chi connectivity index (χ2v) is 8.84. The number of para-hydroxylation sites is 2. The Bertz CT molecular complexity index is 964. The van der Waals surface area contributed by atoms with Gasteiger partial charge in [0.15, 0.2) is 6.10 Å². The van der Waals surface area contributed by atoms with E-state index in [-0.39, 0.29) is 24.3 Å². The van der Waals surface area contributed by atoms with E-state index in [4.69, 9.17) is 9.15 Å². The zero-order valence-electron chi connectivity index (χ0n) is 17.5. The molecule has 0 N–H and O–H groups in total. The van der Waals surface area contributed by atoms with Gasteiger partial charge in [0.25, 0.3) is 5.91 Å². The lowest BCUT2D eigenvalue weighted by atomic mass is 10.1. The van der Waals surface area contributed by atoms with Crippen LogP contribution in [0.4, 0.5) is 5.69 Å². The highest BCUT2D eigenvalue weighted by molar-refractivity contribution is 6.00. The monoisotopic (exact) mass is 408 g/mol. The molecule has 5 rings (SSSR count). The molecule has 2 fully saturated rings. The van der Waals surface area contributed by atoms with Gasteiger partial charge < -0.3 is 19.0 Å². The molecule has 3 unspecified atom stereocenters. The number of rotatable bonds is 7. The Morgan fingerprint density at radius 2 is 1.93 bits per heavy atom. The van der Waals surface area contributed by atoms with Crippen LogP contribution in [0.25, 0.3) is 0 Å². The van der Waals surface area contributed by atoms with Crippen molar-refractivity contribution in [1.29, 1.82) is 0 Å². The number of amides is 2. The molecule has 0 spiro atoms. The topological polar surface area (TPSA) is 63.0 Å². The minimum Gasteiger partial charge on any atom is -0.479 e. The Morgan fingerprint density at radius 3 is 2.67 bits per heavy atom. The average Bonchev–Trinajstić information content (AvgIpc) is 3.66. The van der Waals surface area contributed by atoms with Gasteiger partial charge in [-0.25, -0.2) is 0 Å². The highest BCUT2D eigenvalue weighted by atomic mass is 16.5. The highest BCUT2D eigenvalue weighted by Crippen LogP contribution is 2.47. The first-order valence-electron chi connectivity index (χ1n) is 11.0. The number of hydrogen-bond donors (Lipinski definition) is 0.